The molecule has 0 saturated carbocycles. The number of aromatic nitrogens is 2. The molecule has 0 aliphatic carbocycles. The zero-order chi connectivity index (χ0) is 36.8. The van der Waals surface area contributed by atoms with Crippen LogP contribution in [-0.4, -0.2) is 52.3 Å². The summed E-state index contributed by atoms with van der Waals surface area (Å²) >= 11 is 6.10. The van der Waals surface area contributed by atoms with Crippen LogP contribution in [0.5, 0.6) is 0 Å². The molecule has 0 fully saturated rings. The molecule has 0 aliphatic heterocycles. The number of sulfonamides is 2. The van der Waals surface area contributed by atoms with E-state index < -0.39 is 25.9 Å². The van der Waals surface area contributed by atoms with Crippen molar-refractivity contribution < 1.29 is 21.2 Å². The molecular formula is C34H33ClFN9O4S2. The second-order valence-corrected chi connectivity index (χ2v) is 15.0. The molecule has 0 amide bonds. The van der Waals surface area contributed by atoms with Crippen LogP contribution in [0.15, 0.2) is 117 Å². The van der Waals surface area contributed by atoms with Gasteiger partial charge in [0.25, 0.3) is 0 Å². The number of para-hydroxylation sites is 1. The largest absolute Gasteiger partial charge is 0.324 e. The van der Waals surface area contributed by atoms with Gasteiger partial charge >= 0.3 is 0 Å². The molecule has 51 heavy (non-hydrogen) atoms. The summed E-state index contributed by atoms with van der Waals surface area (Å²) in [6.45, 7) is 3.42. The van der Waals surface area contributed by atoms with Crippen LogP contribution in [0.4, 0.5) is 27.7 Å². The Bertz CT molecular complexity index is 2210. The van der Waals surface area contributed by atoms with E-state index in [1.807, 2.05) is 30.3 Å². The standard InChI is InChI=1S/C34H33ClFN9O4S2/c1-21(23-10-15-27(16-11-23)50(46,47)37-3)42-44-32-31(29-19-14-25(35)20-30(29)36)33(41-34(40-32)39-26-8-6-5-7-9-26)45-43-22(2)24-12-17-28(18-13-24)51(48,49)38-4/h5-20,37-38H,1-4H3,(H3,39,40,41,44,45). The Kier molecular flexibility index (Phi) is 11.4. The molecule has 0 bridgehead atoms. The van der Waals surface area contributed by atoms with Crippen molar-refractivity contribution in [3.63, 3.8) is 0 Å². The van der Waals surface area contributed by atoms with Gasteiger partial charge in [-0.05, 0) is 93.7 Å². The number of rotatable bonds is 13. The van der Waals surface area contributed by atoms with E-state index >= 15 is 4.39 Å². The lowest BCUT2D eigenvalue weighted by Gasteiger charge is -2.17. The Morgan fingerprint density at radius 3 is 1.59 bits per heavy atom. The van der Waals surface area contributed by atoms with Crippen molar-refractivity contribution in [2.45, 2.75) is 23.6 Å². The Labute approximate surface area is 300 Å². The minimum atomic E-state index is -3.63. The molecule has 17 heteroatoms. The first kappa shape index (κ1) is 37.0. The topological polar surface area (TPSA) is 179 Å². The fraction of sp³-hybridized carbons (Fsp3) is 0.118. The number of anilines is 4. The number of hydrazone groups is 2. The molecule has 0 aliphatic rings. The first-order valence-corrected chi connectivity index (χ1v) is 18.5. The van der Waals surface area contributed by atoms with Gasteiger partial charge in [-0.15, -0.1) is 0 Å². The van der Waals surface area contributed by atoms with Crippen LogP contribution < -0.4 is 25.6 Å². The number of hydrogen-bond donors (Lipinski definition) is 5. The summed E-state index contributed by atoms with van der Waals surface area (Å²) in [7, 11) is -4.60. The summed E-state index contributed by atoms with van der Waals surface area (Å²) in [6.07, 6.45) is 0. The fourth-order valence-electron chi connectivity index (χ4n) is 4.67. The van der Waals surface area contributed by atoms with E-state index in [9.17, 15) is 16.8 Å². The van der Waals surface area contributed by atoms with E-state index in [2.05, 4.69) is 45.8 Å². The summed E-state index contributed by atoms with van der Waals surface area (Å²) in [6, 6.07) is 25.6. The molecule has 1 heterocycles. The molecule has 1 aromatic heterocycles. The zero-order valence-corrected chi connectivity index (χ0v) is 30.1. The summed E-state index contributed by atoms with van der Waals surface area (Å²) in [5.41, 5.74) is 8.95. The fourth-order valence-corrected chi connectivity index (χ4v) is 6.28. The molecule has 0 radical (unpaired) electrons. The van der Waals surface area contributed by atoms with E-state index in [0.29, 0.717) is 28.2 Å². The maximum atomic E-state index is 15.6. The van der Waals surface area contributed by atoms with Crippen molar-refractivity contribution in [1.29, 1.82) is 0 Å². The van der Waals surface area contributed by atoms with Crippen molar-refractivity contribution in [1.82, 2.24) is 19.4 Å². The third kappa shape index (κ3) is 8.92. The highest BCUT2D eigenvalue weighted by Crippen LogP contribution is 2.37. The number of hydrogen-bond acceptors (Lipinski definition) is 11. The monoisotopic (exact) mass is 749 g/mol. The highest BCUT2D eigenvalue weighted by Gasteiger charge is 2.21. The Morgan fingerprint density at radius 2 is 1.16 bits per heavy atom. The van der Waals surface area contributed by atoms with Gasteiger partial charge in [-0.1, -0.05) is 54.1 Å². The molecule has 5 aromatic rings. The minimum absolute atomic E-state index is 0.0830. The molecule has 0 atom stereocenters. The van der Waals surface area contributed by atoms with Crippen LogP contribution in [0.25, 0.3) is 11.1 Å². The first-order valence-electron chi connectivity index (χ1n) is 15.2. The van der Waals surface area contributed by atoms with Gasteiger partial charge in [-0.25, -0.2) is 30.7 Å². The quantitative estimate of drug-likeness (QED) is 0.0696. The van der Waals surface area contributed by atoms with Crippen LogP contribution in [0.3, 0.4) is 0 Å². The van der Waals surface area contributed by atoms with Gasteiger partial charge in [0.2, 0.25) is 26.0 Å². The normalized spacial score (nSPS) is 12.4. The van der Waals surface area contributed by atoms with Crippen LogP contribution >= 0.6 is 11.6 Å². The van der Waals surface area contributed by atoms with Crippen LogP contribution in [0.2, 0.25) is 5.02 Å². The highest BCUT2D eigenvalue weighted by molar-refractivity contribution is 7.89. The molecule has 0 spiro atoms. The molecule has 0 unspecified atom stereocenters. The first-order chi connectivity index (χ1) is 24.3. The van der Waals surface area contributed by atoms with Gasteiger partial charge in [-0.2, -0.15) is 20.2 Å². The summed E-state index contributed by atoms with van der Waals surface area (Å²) in [4.78, 5) is 9.46. The molecule has 264 valence electrons. The zero-order valence-electron chi connectivity index (χ0n) is 27.7. The summed E-state index contributed by atoms with van der Waals surface area (Å²) < 4.78 is 68.9. The second kappa shape index (κ2) is 15.7. The minimum Gasteiger partial charge on any atom is -0.324 e. The smallest absolute Gasteiger partial charge is 0.240 e. The van der Waals surface area contributed by atoms with Gasteiger partial charge in [0, 0.05) is 16.3 Å². The lowest BCUT2D eigenvalue weighted by molar-refractivity contribution is 0.586. The number of nitrogens with zero attached hydrogens (tertiary/aromatic N) is 4. The predicted molar refractivity (Wildman–Crippen MR) is 199 cm³/mol. The van der Waals surface area contributed by atoms with Crippen LogP contribution in [-0.2, 0) is 20.0 Å². The van der Waals surface area contributed by atoms with Crippen LogP contribution in [0, 0.1) is 5.82 Å². The third-order valence-electron chi connectivity index (χ3n) is 7.50. The van der Waals surface area contributed by atoms with Crippen molar-refractivity contribution in [3.8, 4) is 11.1 Å². The molecule has 4 aromatic carbocycles. The van der Waals surface area contributed by atoms with E-state index in [1.54, 1.807) is 38.1 Å². The van der Waals surface area contributed by atoms with Gasteiger partial charge in [-0.3, -0.25) is 10.9 Å². The SMILES string of the molecule is CNS(=O)(=O)c1ccc(C(C)=NNc2nc(Nc3ccccc3)nc(NN=C(C)c3ccc(S(=O)(=O)NC)cc3)c2-c2ccc(Cl)cc2F)cc1. The van der Waals surface area contributed by atoms with Crippen molar-refractivity contribution in [3.05, 3.63) is 119 Å². The molecular weight excluding hydrogens is 717 g/mol. The third-order valence-corrected chi connectivity index (χ3v) is 10.6. The van der Waals surface area contributed by atoms with E-state index in [-0.39, 0.29) is 43.5 Å². The lowest BCUT2D eigenvalue weighted by atomic mass is 10.1. The molecule has 5 N–H and O–H groups in total. The van der Waals surface area contributed by atoms with Crippen molar-refractivity contribution >= 4 is 66.3 Å². The number of halogens is 2. The van der Waals surface area contributed by atoms with Gasteiger partial charge < -0.3 is 5.32 Å². The van der Waals surface area contributed by atoms with Gasteiger partial charge in [0.05, 0.1) is 26.8 Å². The average Bonchev–Trinajstić information content (AvgIpc) is 3.13. The lowest BCUT2D eigenvalue weighted by Crippen LogP contribution is -2.18. The van der Waals surface area contributed by atoms with E-state index in [0.717, 1.165) is 6.07 Å². The van der Waals surface area contributed by atoms with Crippen LogP contribution in [0.1, 0.15) is 25.0 Å². The maximum absolute atomic E-state index is 15.6. The van der Waals surface area contributed by atoms with Gasteiger partial charge in [0.1, 0.15) is 5.82 Å². The maximum Gasteiger partial charge on any atom is 0.240 e. The predicted octanol–water partition coefficient (Wildman–Crippen LogP) is 6.17. The van der Waals surface area contributed by atoms with E-state index in [4.69, 9.17) is 11.6 Å². The van der Waals surface area contributed by atoms with Crippen molar-refractivity contribution in [2.75, 3.05) is 30.3 Å². The Balaban J connectivity index is 1.60. The highest BCUT2D eigenvalue weighted by atomic mass is 35.5. The Morgan fingerprint density at radius 1 is 0.686 bits per heavy atom. The molecule has 0 saturated heterocycles. The molecule has 5 rings (SSSR count). The summed E-state index contributed by atoms with van der Waals surface area (Å²) in [5, 5.41) is 12.3. The van der Waals surface area contributed by atoms with Gasteiger partial charge in [0.15, 0.2) is 11.6 Å². The number of benzene rings is 4. The average molecular weight is 750 g/mol. The summed E-state index contributed by atoms with van der Waals surface area (Å²) in [5.74, 6) is -0.357. The second-order valence-electron chi connectivity index (χ2n) is 10.8. The Hall–Kier alpha value is -5.26. The molecule has 13 nitrogen and oxygen atoms in total. The van der Waals surface area contributed by atoms with E-state index in [1.165, 1.54) is 50.5 Å². The number of nitrogens with one attached hydrogen (secondary N) is 5. The van der Waals surface area contributed by atoms with Crippen molar-refractivity contribution in [2.24, 2.45) is 10.2 Å².